The van der Waals surface area contributed by atoms with Crippen molar-refractivity contribution in [1.29, 1.82) is 0 Å². The third-order valence-electron chi connectivity index (χ3n) is 5.76. The van der Waals surface area contributed by atoms with Crippen LogP contribution in [0.5, 0.6) is 0 Å². The highest BCUT2D eigenvalue weighted by Gasteiger charge is 2.70. The third kappa shape index (κ3) is 2.48. The molecule has 1 heterocycles. The van der Waals surface area contributed by atoms with Gasteiger partial charge in [0.1, 0.15) is 5.54 Å². The zero-order valence-electron chi connectivity index (χ0n) is 13.9. The first-order valence-corrected chi connectivity index (χ1v) is 8.63. The van der Waals surface area contributed by atoms with Gasteiger partial charge in [0.2, 0.25) is 5.91 Å². The van der Waals surface area contributed by atoms with Crippen molar-refractivity contribution in [2.75, 3.05) is 6.61 Å². The molecule has 4 atom stereocenters. The average molecular weight is 337 g/mol. The second kappa shape index (κ2) is 5.76. The van der Waals surface area contributed by atoms with E-state index in [0.29, 0.717) is 5.02 Å². The number of hydrogen-bond acceptors (Lipinski definition) is 3. The van der Waals surface area contributed by atoms with Crippen molar-refractivity contribution in [3.63, 3.8) is 0 Å². The van der Waals surface area contributed by atoms with E-state index in [0.717, 1.165) is 25.0 Å². The Labute approximate surface area is 142 Å². The van der Waals surface area contributed by atoms with Crippen LogP contribution in [0.25, 0.3) is 0 Å². The quantitative estimate of drug-likeness (QED) is 0.891. The van der Waals surface area contributed by atoms with Gasteiger partial charge in [0.15, 0.2) is 0 Å². The minimum atomic E-state index is -0.884. The Bertz CT molecular complexity index is 619. The van der Waals surface area contributed by atoms with Crippen LogP contribution in [-0.4, -0.2) is 24.2 Å². The van der Waals surface area contributed by atoms with Gasteiger partial charge in [0.05, 0.1) is 12.1 Å². The largest absolute Gasteiger partial charge is 0.377 e. The first-order valence-electron chi connectivity index (χ1n) is 8.25. The zero-order chi connectivity index (χ0) is 16.8. The van der Waals surface area contributed by atoms with E-state index in [4.69, 9.17) is 22.1 Å². The molecule has 126 valence electrons. The highest BCUT2D eigenvalue weighted by Crippen LogP contribution is 2.57. The molecule has 1 aromatic rings. The summed E-state index contributed by atoms with van der Waals surface area (Å²) in [6.45, 7) is 6.78. The fourth-order valence-electron chi connectivity index (χ4n) is 4.21. The molecule has 1 aliphatic heterocycles. The van der Waals surface area contributed by atoms with Crippen molar-refractivity contribution in [3.05, 3.63) is 34.9 Å². The number of benzene rings is 1. The average Bonchev–Trinajstić information content (AvgIpc) is 2.53. The highest BCUT2D eigenvalue weighted by atomic mass is 35.5. The number of nitrogens with one attached hydrogen (secondary N) is 1. The molecule has 1 saturated heterocycles. The number of carbonyl (C=O) groups excluding carboxylic acids is 1. The van der Waals surface area contributed by atoms with Crippen LogP contribution in [0.3, 0.4) is 0 Å². The third-order valence-corrected chi connectivity index (χ3v) is 5.99. The standard InChI is InChI=1S/C18H25ClN2O2/c1-11(12-6-4-7-13(19)10-12)21-16(22)18(20)14-8-5-9-23-15(14)17(18,2)3/h4,6-7,10-11,14-15H,5,8-9,20H2,1-3H3,(H,21,22). The van der Waals surface area contributed by atoms with Gasteiger partial charge in [0.25, 0.3) is 0 Å². The lowest BCUT2D eigenvalue weighted by atomic mass is 9.46. The Morgan fingerprint density at radius 3 is 2.91 bits per heavy atom. The maximum Gasteiger partial charge on any atom is 0.241 e. The predicted molar refractivity (Wildman–Crippen MR) is 91.2 cm³/mol. The van der Waals surface area contributed by atoms with E-state index in [9.17, 15) is 4.79 Å². The smallest absolute Gasteiger partial charge is 0.241 e. The number of nitrogens with two attached hydrogens (primary N) is 1. The molecule has 2 fully saturated rings. The Kier molecular flexibility index (Phi) is 4.20. The summed E-state index contributed by atoms with van der Waals surface area (Å²) in [4.78, 5) is 13.0. The van der Waals surface area contributed by atoms with Crippen LogP contribution in [0.4, 0.5) is 0 Å². The Balaban J connectivity index is 1.77. The molecule has 1 saturated carbocycles. The van der Waals surface area contributed by atoms with Crippen molar-refractivity contribution in [2.24, 2.45) is 17.1 Å². The predicted octanol–water partition coefficient (Wildman–Crippen LogP) is 3.05. The van der Waals surface area contributed by atoms with E-state index in [1.165, 1.54) is 0 Å². The van der Waals surface area contributed by atoms with Gasteiger partial charge in [-0.15, -0.1) is 0 Å². The van der Waals surface area contributed by atoms with E-state index < -0.39 is 5.54 Å². The van der Waals surface area contributed by atoms with Gasteiger partial charge in [-0.2, -0.15) is 0 Å². The van der Waals surface area contributed by atoms with Crippen LogP contribution in [0.2, 0.25) is 5.02 Å². The fraction of sp³-hybridized carbons (Fsp3) is 0.611. The SMILES string of the molecule is CC(NC(=O)C1(N)C2CCCOC2C1(C)C)c1cccc(Cl)c1. The normalized spacial score (nSPS) is 33.3. The van der Waals surface area contributed by atoms with Gasteiger partial charge in [-0.1, -0.05) is 37.6 Å². The molecule has 1 amide bonds. The van der Waals surface area contributed by atoms with E-state index in [1.54, 1.807) is 0 Å². The molecule has 0 radical (unpaired) electrons. The van der Waals surface area contributed by atoms with Gasteiger partial charge >= 0.3 is 0 Å². The van der Waals surface area contributed by atoms with Crippen LogP contribution in [0, 0.1) is 11.3 Å². The summed E-state index contributed by atoms with van der Waals surface area (Å²) < 4.78 is 5.87. The number of hydrogen-bond donors (Lipinski definition) is 2. The molecule has 3 N–H and O–H groups in total. The van der Waals surface area contributed by atoms with Gasteiger partial charge < -0.3 is 15.8 Å². The molecule has 0 bridgehead atoms. The fourth-order valence-corrected chi connectivity index (χ4v) is 4.41. The zero-order valence-corrected chi connectivity index (χ0v) is 14.7. The van der Waals surface area contributed by atoms with Crippen molar-refractivity contribution < 1.29 is 9.53 Å². The van der Waals surface area contributed by atoms with Crippen molar-refractivity contribution in [1.82, 2.24) is 5.32 Å². The minimum absolute atomic E-state index is 0.0773. The second-order valence-corrected chi connectivity index (χ2v) is 7.82. The van der Waals surface area contributed by atoms with Crippen LogP contribution in [0.15, 0.2) is 24.3 Å². The second-order valence-electron chi connectivity index (χ2n) is 7.38. The first-order chi connectivity index (χ1) is 10.8. The summed E-state index contributed by atoms with van der Waals surface area (Å²) in [6.07, 6.45) is 1.99. The number of rotatable bonds is 3. The summed E-state index contributed by atoms with van der Waals surface area (Å²) in [5, 5.41) is 3.74. The van der Waals surface area contributed by atoms with Gasteiger partial charge in [-0.05, 0) is 37.5 Å². The molecule has 1 aliphatic carbocycles. The molecule has 4 unspecified atom stereocenters. The molecule has 1 aromatic carbocycles. The monoisotopic (exact) mass is 336 g/mol. The number of halogens is 1. The van der Waals surface area contributed by atoms with Crippen LogP contribution in [0.1, 0.15) is 45.2 Å². The lowest BCUT2D eigenvalue weighted by Gasteiger charge is -2.65. The van der Waals surface area contributed by atoms with Crippen LogP contribution < -0.4 is 11.1 Å². The maximum absolute atomic E-state index is 13.0. The van der Waals surface area contributed by atoms with Gasteiger partial charge in [-0.3, -0.25) is 4.79 Å². The molecule has 0 spiro atoms. The minimum Gasteiger partial charge on any atom is -0.377 e. The molecule has 4 nitrogen and oxygen atoms in total. The van der Waals surface area contributed by atoms with Crippen molar-refractivity contribution in [3.8, 4) is 0 Å². The summed E-state index contributed by atoms with van der Waals surface area (Å²) >= 11 is 6.04. The summed E-state index contributed by atoms with van der Waals surface area (Å²) in [5.41, 5.74) is 6.34. The summed E-state index contributed by atoms with van der Waals surface area (Å²) in [7, 11) is 0. The number of fused-ring (bicyclic) bond motifs is 1. The Hall–Kier alpha value is -1.10. The molecule has 23 heavy (non-hydrogen) atoms. The van der Waals surface area contributed by atoms with Crippen molar-refractivity contribution in [2.45, 2.75) is 51.3 Å². The number of amides is 1. The molecular weight excluding hydrogens is 312 g/mol. The topological polar surface area (TPSA) is 64.4 Å². The Morgan fingerprint density at radius 2 is 2.22 bits per heavy atom. The highest BCUT2D eigenvalue weighted by molar-refractivity contribution is 6.30. The maximum atomic E-state index is 13.0. The van der Waals surface area contributed by atoms with Crippen LogP contribution in [-0.2, 0) is 9.53 Å². The number of carbonyl (C=O) groups is 1. The van der Waals surface area contributed by atoms with Crippen LogP contribution >= 0.6 is 11.6 Å². The summed E-state index contributed by atoms with van der Waals surface area (Å²) in [5.74, 6) is -0.000429. The summed E-state index contributed by atoms with van der Waals surface area (Å²) in [6, 6.07) is 7.40. The molecule has 5 heteroatoms. The molecule has 3 rings (SSSR count). The first kappa shape index (κ1) is 16.7. The molecule has 2 aliphatic rings. The van der Waals surface area contributed by atoms with E-state index in [2.05, 4.69) is 5.32 Å². The van der Waals surface area contributed by atoms with Gasteiger partial charge in [0, 0.05) is 23.0 Å². The van der Waals surface area contributed by atoms with E-state index in [-0.39, 0.29) is 29.4 Å². The van der Waals surface area contributed by atoms with E-state index in [1.807, 2.05) is 45.0 Å². The van der Waals surface area contributed by atoms with Gasteiger partial charge in [-0.25, -0.2) is 0 Å². The Morgan fingerprint density at radius 1 is 1.48 bits per heavy atom. The van der Waals surface area contributed by atoms with Crippen molar-refractivity contribution >= 4 is 17.5 Å². The number of ether oxygens (including phenoxy) is 1. The lowest BCUT2D eigenvalue weighted by molar-refractivity contribution is -0.225. The van der Waals surface area contributed by atoms with E-state index >= 15 is 0 Å². The molecular formula is C18H25ClN2O2. The lowest BCUT2D eigenvalue weighted by Crippen LogP contribution is -2.82. The molecule has 0 aromatic heterocycles.